The first-order valence-corrected chi connectivity index (χ1v) is 6.50. The van der Waals surface area contributed by atoms with Crippen LogP contribution in [0.5, 0.6) is 11.5 Å². The maximum absolute atomic E-state index is 8.90. The third kappa shape index (κ3) is 3.29. The van der Waals surface area contributed by atoms with Crippen LogP contribution in [0.2, 0.25) is 0 Å². The molecule has 0 radical (unpaired) electrons. The van der Waals surface area contributed by atoms with Crippen molar-refractivity contribution in [3.63, 3.8) is 0 Å². The van der Waals surface area contributed by atoms with Crippen molar-refractivity contribution in [1.29, 1.82) is 5.26 Å². The lowest BCUT2D eigenvalue weighted by atomic mass is 10.2. The number of ether oxygens (including phenoxy) is 2. The number of imidazole rings is 1. The van der Waals surface area contributed by atoms with Crippen LogP contribution in [0.1, 0.15) is 18.3 Å². The van der Waals surface area contributed by atoms with E-state index in [9.17, 15) is 0 Å². The van der Waals surface area contributed by atoms with Crippen LogP contribution in [0.25, 0.3) is 0 Å². The third-order valence-corrected chi connectivity index (χ3v) is 2.88. The topological polar surface area (TPSA) is 60.1 Å². The molecule has 0 aliphatic rings. The Kier molecular flexibility index (Phi) is 4.61. The first kappa shape index (κ1) is 13.9. The summed E-state index contributed by atoms with van der Waals surface area (Å²) in [6.45, 7) is 2.94. The molecule has 2 rings (SSSR count). The molecule has 5 heteroatoms. The van der Waals surface area contributed by atoms with Gasteiger partial charge in [0.1, 0.15) is 5.82 Å². The van der Waals surface area contributed by atoms with E-state index in [1.165, 1.54) is 0 Å². The molecule has 0 bridgehead atoms. The fourth-order valence-corrected chi connectivity index (χ4v) is 1.85. The number of aryl methyl sites for hydroxylation is 1. The summed E-state index contributed by atoms with van der Waals surface area (Å²) < 4.78 is 13.2. The quantitative estimate of drug-likeness (QED) is 0.809. The van der Waals surface area contributed by atoms with E-state index < -0.39 is 0 Å². The average molecular weight is 271 g/mol. The van der Waals surface area contributed by atoms with Crippen molar-refractivity contribution in [1.82, 2.24) is 9.55 Å². The zero-order valence-electron chi connectivity index (χ0n) is 11.7. The van der Waals surface area contributed by atoms with E-state index in [4.69, 9.17) is 14.7 Å². The van der Waals surface area contributed by atoms with Crippen molar-refractivity contribution in [2.45, 2.75) is 13.3 Å². The van der Waals surface area contributed by atoms with Crippen molar-refractivity contribution < 1.29 is 9.47 Å². The highest BCUT2D eigenvalue weighted by molar-refractivity contribution is 5.46. The number of aromatic nitrogens is 2. The van der Waals surface area contributed by atoms with Crippen molar-refractivity contribution >= 4 is 0 Å². The van der Waals surface area contributed by atoms with Gasteiger partial charge in [-0.1, -0.05) is 0 Å². The molecule has 104 valence electrons. The smallest absolute Gasteiger partial charge is 0.162 e. The lowest BCUT2D eigenvalue weighted by Gasteiger charge is -2.12. The van der Waals surface area contributed by atoms with Gasteiger partial charge in [0.05, 0.1) is 24.8 Å². The second-order valence-corrected chi connectivity index (χ2v) is 4.26. The minimum atomic E-state index is 0.511. The second kappa shape index (κ2) is 6.62. The molecule has 0 saturated heterocycles. The minimum absolute atomic E-state index is 0.511. The number of rotatable bonds is 6. The summed E-state index contributed by atoms with van der Waals surface area (Å²) in [6.07, 6.45) is 4.39. The Bertz CT molecular complexity index is 614. The fourth-order valence-electron chi connectivity index (χ4n) is 1.85. The lowest BCUT2D eigenvalue weighted by Crippen LogP contribution is -2.07. The summed E-state index contributed by atoms with van der Waals surface area (Å²) in [6, 6.07) is 7.27. The molecule has 0 spiro atoms. The normalized spacial score (nSPS) is 10.1. The zero-order chi connectivity index (χ0) is 14.4. The highest BCUT2D eigenvalue weighted by Gasteiger charge is 2.07. The molecule has 0 N–H and O–H groups in total. The van der Waals surface area contributed by atoms with Gasteiger partial charge >= 0.3 is 0 Å². The number of nitrogens with zero attached hydrogens (tertiary/aromatic N) is 3. The van der Waals surface area contributed by atoms with E-state index in [1.54, 1.807) is 24.4 Å². The van der Waals surface area contributed by atoms with E-state index in [0.29, 0.717) is 30.3 Å². The van der Waals surface area contributed by atoms with Gasteiger partial charge in [0.25, 0.3) is 0 Å². The molecule has 20 heavy (non-hydrogen) atoms. The summed E-state index contributed by atoms with van der Waals surface area (Å²) in [4.78, 5) is 4.24. The predicted octanol–water partition coefficient (Wildman–Crippen LogP) is 2.31. The minimum Gasteiger partial charge on any atom is -0.490 e. The molecular weight excluding hydrogens is 254 g/mol. The molecule has 0 fully saturated rings. The van der Waals surface area contributed by atoms with Crippen LogP contribution in [0, 0.1) is 11.3 Å². The average Bonchev–Trinajstić information content (AvgIpc) is 2.86. The van der Waals surface area contributed by atoms with Crippen LogP contribution in [0.4, 0.5) is 0 Å². The summed E-state index contributed by atoms with van der Waals surface area (Å²) in [5.74, 6) is 2.23. The summed E-state index contributed by atoms with van der Waals surface area (Å²) in [5.41, 5.74) is 0.560. The number of hydrogen-bond donors (Lipinski definition) is 0. The van der Waals surface area contributed by atoms with Gasteiger partial charge in [-0.2, -0.15) is 5.26 Å². The Morgan fingerprint density at radius 3 is 2.80 bits per heavy atom. The zero-order valence-corrected chi connectivity index (χ0v) is 11.7. The van der Waals surface area contributed by atoms with Crippen molar-refractivity contribution in [2.24, 2.45) is 7.05 Å². The first-order chi connectivity index (χ1) is 9.74. The molecule has 0 saturated carbocycles. The van der Waals surface area contributed by atoms with Gasteiger partial charge in [-0.3, -0.25) is 0 Å². The molecule has 1 heterocycles. The predicted molar refractivity (Wildman–Crippen MR) is 74.7 cm³/mol. The molecule has 0 amide bonds. The van der Waals surface area contributed by atoms with Gasteiger partial charge < -0.3 is 14.0 Å². The largest absolute Gasteiger partial charge is 0.490 e. The van der Waals surface area contributed by atoms with E-state index in [0.717, 1.165) is 12.2 Å². The SMILES string of the molecule is CCOc1cc(C#N)ccc1OCCc1nccn1C. The maximum Gasteiger partial charge on any atom is 0.162 e. The highest BCUT2D eigenvalue weighted by Crippen LogP contribution is 2.28. The van der Waals surface area contributed by atoms with Crippen LogP contribution >= 0.6 is 0 Å². The molecule has 5 nitrogen and oxygen atoms in total. The molecular formula is C15H17N3O2. The van der Waals surface area contributed by atoms with Gasteiger partial charge in [-0.15, -0.1) is 0 Å². The monoisotopic (exact) mass is 271 g/mol. The Hall–Kier alpha value is -2.48. The molecule has 1 aromatic carbocycles. The van der Waals surface area contributed by atoms with Crippen molar-refractivity contribution in [3.05, 3.63) is 42.0 Å². The third-order valence-electron chi connectivity index (χ3n) is 2.88. The molecule has 0 unspecified atom stereocenters. The van der Waals surface area contributed by atoms with E-state index >= 15 is 0 Å². The van der Waals surface area contributed by atoms with Crippen molar-refractivity contribution in [3.8, 4) is 17.6 Å². The van der Waals surface area contributed by atoms with Gasteiger partial charge in [-0.25, -0.2) is 4.98 Å². The van der Waals surface area contributed by atoms with Crippen LogP contribution in [0.15, 0.2) is 30.6 Å². The van der Waals surface area contributed by atoms with Gasteiger partial charge in [0.15, 0.2) is 11.5 Å². The van der Waals surface area contributed by atoms with E-state index in [2.05, 4.69) is 11.1 Å². The van der Waals surface area contributed by atoms with Gasteiger partial charge in [0.2, 0.25) is 0 Å². The Morgan fingerprint density at radius 1 is 1.30 bits per heavy atom. The standard InChI is InChI=1S/C15H17N3O2/c1-3-19-14-10-12(11-16)4-5-13(14)20-9-6-15-17-7-8-18(15)2/h4-5,7-8,10H,3,6,9H2,1-2H3. The van der Waals surface area contributed by atoms with E-state index in [-0.39, 0.29) is 0 Å². The highest BCUT2D eigenvalue weighted by atomic mass is 16.5. The number of benzene rings is 1. The van der Waals surface area contributed by atoms with Crippen molar-refractivity contribution in [2.75, 3.05) is 13.2 Å². The fraction of sp³-hybridized carbons (Fsp3) is 0.333. The van der Waals surface area contributed by atoms with Crippen LogP contribution < -0.4 is 9.47 Å². The second-order valence-electron chi connectivity index (χ2n) is 4.26. The van der Waals surface area contributed by atoms with E-state index in [1.807, 2.05) is 24.7 Å². The van der Waals surface area contributed by atoms with Gasteiger partial charge in [-0.05, 0) is 19.1 Å². The lowest BCUT2D eigenvalue weighted by molar-refractivity contribution is 0.277. The Balaban J connectivity index is 2.01. The van der Waals surface area contributed by atoms with Crippen LogP contribution in [-0.4, -0.2) is 22.8 Å². The molecule has 0 aliphatic carbocycles. The molecule has 0 aliphatic heterocycles. The Morgan fingerprint density at radius 2 is 2.15 bits per heavy atom. The molecule has 2 aromatic rings. The summed E-state index contributed by atoms with van der Waals surface area (Å²) in [5, 5.41) is 8.90. The molecule has 1 aromatic heterocycles. The summed E-state index contributed by atoms with van der Waals surface area (Å²) in [7, 11) is 1.95. The first-order valence-electron chi connectivity index (χ1n) is 6.50. The number of nitriles is 1. The molecule has 0 atom stereocenters. The van der Waals surface area contributed by atoms with Crippen LogP contribution in [-0.2, 0) is 13.5 Å². The summed E-state index contributed by atoms with van der Waals surface area (Å²) >= 11 is 0. The van der Waals surface area contributed by atoms with Gasteiger partial charge in [0, 0.05) is 31.9 Å². The Labute approximate surface area is 118 Å². The number of hydrogen-bond acceptors (Lipinski definition) is 4. The maximum atomic E-state index is 8.90. The van der Waals surface area contributed by atoms with Crippen LogP contribution in [0.3, 0.4) is 0 Å².